The summed E-state index contributed by atoms with van der Waals surface area (Å²) in [6.45, 7) is 5.12. The average molecular weight is 418 g/mol. The lowest BCUT2D eigenvalue weighted by Gasteiger charge is -2.35. The predicted octanol–water partition coefficient (Wildman–Crippen LogP) is 4.10. The summed E-state index contributed by atoms with van der Waals surface area (Å²) in [7, 11) is 0. The van der Waals surface area contributed by atoms with Gasteiger partial charge in [0.25, 0.3) is 0 Å². The normalized spacial score (nSPS) is 14.4. The second-order valence-electron chi connectivity index (χ2n) is 6.29. The van der Waals surface area contributed by atoms with Crippen molar-refractivity contribution in [1.29, 1.82) is 0 Å². The molecule has 1 aliphatic rings. The lowest BCUT2D eigenvalue weighted by Crippen LogP contribution is -2.50. The molecule has 2 aromatic heterocycles. The number of nitrogens with zero attached hydrogens (tertiary/aromatic N) is 4. The number of amides is 2. The number of anilines is 2. The number of hydrogen-bond donors (Lipinski definition) is 1. The zero-order valence-corrected chi connectivity index (χ0v) is 17.0. The quantitative estimate of drug-likeness (QED) is 0.692. The number of carbonyl (C=O) groups is 1. The number of pyridine rings is 1. The first kappa shape index (κ1) is 18.8. The highest BCUT2D eigenvalue weighted by atomic mass is 35.5. The number of nitrogens with one attached hydrogen (secondary N) is 1. The lowest BCUT2D eigenvalue weighted by molar-refractivity contribution is 0.208. The van der Waals surface area contributed by atoms with E-state index in [1.54, 1.807) is 11.1 Å². The average Bonchev–Trinajstić information content (AvgIpc) is 3.10. The van der Waals surface area contributed by atoms with Gasteiger partial charge in [-0.05, 0) is 37.3 Å². The molecule has 0 atom stereocenters. The van der Waals surface area contributed by atoms with E-state index in [0.29, 0.717) is 42.9 Å². The van der Waals surface area contributed by atoms with Crippen LogP contribution in [0.1, 0.15) is 6.92 Å². The molecule has 3 aromatic rings. The highest BCUT2D eigenvalue weighted by molar-refractivity contribution is 7.22. The van der Waals surface area contributed by atoms with Gasteiger partial charge in [0.2, 0.25) is 0 Å². The molecule has 1 saturated heterocycles. The maximum absolute atomic E-state index is 12.6. The van der Waals surface area contributed by atoms with Crippen LogP contribution < -0.4 is 15.0 Å². The molecule has 1 aliphatic heterocycles. The SMILES string of the molecule is CCOc1ccc2nc(NC(=O)N3CCN(c4ncccc4Cl)CC3)sc2c1. The molecule has 0 spiro atoms. The van der Waals surface area contributed by atoms with E-state index in [-0.39, 0.29) is 6.03 Å². The first-order valence-electron chi connectivity index (χ1n) is 9.09. The Bertz CT molecular complexity index is 987. The summed E-state index contributed by atoms with van der Waals surface area (Å²) in [5.41, 5.74) is 0.846. The third kappa shape index (κ3) is 3.98. The number of benzene rings is 1. The van der Waals surface area contributed by atoms with Crippen LogP contribution in [0.5, 0.6) is 5.75 Å². The summed E-state index contributed by atoms with van der Waals surface area (Å²) in [5, 5.41) is 4.12. The molecule has 4 rings (SSSR count). The number of halogens is 1. The van der Waals surface area contributed by atoms with Gasteiger partial charge in [0.15, 0.2) is 5.13 Å². The number of carbonyl (C=O) groups excluding carboxylic acids is 1. The van der Waals surface area contributed by atoms with Gasteiger partial charge >= 0.3 is 6.03 Å². The van der Waals surface area contributed by atoms with Crippen LogP contribution in [0, 0.1) is 0 Å². The van der Waals surface area contributed by atoms with Crippen molar-refractivity contribution in [3.05, 3.63) is 41.6 Å². The molecule has 1 aromatic carbocycles. The molecule has 2 amide bonds. The number of thiazole rings is 1. The number of urea groups is 1. The Morgan fingerprint density at radius 2 is 2.11 bits per heavy atom. The summed E-state index contributed by atoms with van der Waals surface area (Å²) < 4.78 is 6.50. The van der Waals surface area contributed by atoms with E-state index in [0.717, 1.165) is 21.8 Å². The molecule has 0 saturated carbocycles. The standard InChI is InChI=1S/C19H20ClN5O2S/c1-2-27-13-5-6-15-16(12-13)28-18(22-15)23-19(26)25-10-8-24(9-11-25)17-14(20)4-3-7-21-17/h3-7,12H,2,8-11H2,1H3,(H,22,23,26). The van der Waals surface area contributed by atoms with Crippen molar-refractivity contribution in [3.8, 4) is 5.75 Å². The number of hydrogen-bond acceptors (Lipinski definition) is 6. The molecule has 3 heterocycles. The highest BCUT2D eigenvalue weighted by Gasteiger charge is 2.23. The molecular weight excluding hydrogens is 398 g/mol. The Labute approximate surface area is 171 Å². The minimum absolute atomic E-state index is 0.143. The van der Waals surface area contributed by atoms with Crippen molar-refractivity contribution in [2.75, 3.05) is 43.0 Å². The van der Waals surface area contributed by atoms with Crippen LogP contribution in [-0.4, -0.2) is 53.7 Å². The summed E-state index contributed by atoms with van der Waals surface area (Å²) in [6, 6.07) is 9.23. The second-order valence-corrected chi connectivity index (χ2v) is 7.73. The van der Waals surface area contributed by atoms with Crippen molar-refractivity contribution in [2.24, 2.45) is 0 Å². The highest BCUT2D eigenvalue weighted by Crippen LogP contribution is 2.29. The fourth-order valence-corrected chi connectivity index (χ4v) is 4.24. The van der Waals surface area contributed by atoms with Crippen LogP contribution >= 0.6 is 22.9 Å². The molecule has 0 bridgehead atoms. The lowest BCUT2D eigenvalue weighted by atomic mass is 10.3. The number of rotatable bonds is 4. The van der Waals surface area contributed by atoms with Gasteiger partial charge in [0.05, 0.1) is 21.8 Å². The summed E-state index contributed by atoms with van der Waals surface area (Å²) in [5.74, 6) is 1.57. The topological polar surface area (TPSA) is 70.6 Å². The van der Waals surface area contributed by atoms with E-state index in [1.165, 1.54) is 11.3 Å². The smallest absolute Gasteiger partial charge is 0.323 e. The van der Waals surface area contributed by atoms with Crippen LogP contribution in [0.3, 0.4) is 0 Å². The molecule has 7 nitrogen and oxygen atoms in total. The maximum Gasteiger partial charge on any atom is 0.323 e. The van der Waals surface area contributed by atoms with Crippen LogP contribution in [0.15, 0.2) is 36.5 Å². The number of aromatic nitrogens is 2. The van der Waals surface area contributed by atoms with Gasteiger partial charge in [-0.2, -0.15) is 0 Å². The third-order valence-corrected chi connectivity index (χ3v) is 5.72. The molecule has 146 valence electrons. The van der Waals surface area contributed by atoms with Crippen molar-refractivity contribution < 1.29 is 9.53 Å². The maximum atomic E-state index is 12.6. The number of ether oxygens (including phenoxy) is 1. The van der Waals surface area contributed by atoms with Gasteiger partial charge in [0, 0.05) is 32.4 Å². The molecule has 0 radical (unpaired) electrons. The van der Waals surface area contributed by atoms with Gasteiger partial charge in [-0.3, -0.25) is 5.32 Å². The van der Waals surface area contributed by atoms with E-state index in [2.05, 4.69) is 20.2 Å². The Hall–Kier alpha value is -2.58. The minimum atomic E-state index is -0.143. The van der Waals surface area contributed by atoms with Crippen molar-refractivity contribution in [1.82, 2.24) is 14.9 Å². The monoisotopic (exact) mass is 417 g/mol. The number of piperazine rings is 1. The van der Waals surface area contributed by atoms with E-state index in [4.69, 9.17) is 16.3 Å². The van der Waals surface area contributed by atoms with Crippen molar-refractivity contribution in [2.45, 2.75) is 6.92 Å². The predicted molar refractivity (Wildman–Crippen MR) is 113 cm³/mol. The van der Waals surface area contributed by atoms with Gasteiger partial charge in [-0.25, -0.2) is 14.8 Å². The molecule has 0 unspecified atom stereocenters. The first-order chi connectivity index (χ1) is 13.6. The van der Waals surface area contributed by atoms with Crippen LogP contribution in [0.25, 0.3) is 10.2 Å². The Morgan fingerprint density at radius 1 is 1.29 bits per heavy atom. The Morgan fingerprint density at radius 3 is 2.86 bits per heavy atom. The van der Waals surface area contributed by atoms with Gasteiger partial charge in [-0.15, -0.1) is 0 Å². The van der Waals surface area contributed by atoms with Gasteiger partial charge in [0.1, 0.15) is 11.6 Å². The largest absolute Gasteiger partial charge is 0.494 e. The Kier molecular flexibility index (Phi) is 5.50. The zero-order valence-electron chi connectivity index (χ0n) is 15.4. The van der Waals surface area contributed by atoms with E-state index in [9.17, 15) is 4.79 Å². The molecule has 1 N–H and O–H groups in total. The fraction of sp³-hybridized carbons (Fsp3) is 0.316. The fourth-order valence-electron chi connectivity index (χ4n) is 3.12. The zero-order chi connectivity index (χ0) is 19.5. The summed E-state index contributed by atoms with van der Waals surface area (Å²) in [4.78, 5) is 25.3. The van der Waals surface area contributed by atoms with Gasteiger partial charge in [-0.1, -0.05) is 22.9 Å². The molecule has 28 heavy (non-hydrogen) atoms. The first-order valence-corrected chi connectivity index (χ1v) is 10.3. The van der Waals surface area contributed by atoms with Crippen LogP contribution in [-0.2, 0) is 0 Å². The molecular formula is C19H20ClN5O2S. The summed E-state index contributed by atoms with van der Waals surface area (Å²) in [6.07, 6.45) is 1.73. The third-order valence-electron chi connectivity index (χ3n) is 4.49. The van der Waals surface area contributed by atoms with Crippen LogP contribution in [0.4, 0.5) is 15.7 Å². The molecule has 1 fully saturated rings. The van der Waals surface area contributed by atoms with Crippen molar-refractivity contribution in [3.63, 3.8) is 0 Å². The number of fused-ring (bicyclic) bond motifs is 1. The second kappa shape index (κ2) is 8.20. The van der Waals surface area contributed by atoms with Gasteiger partial charge < -0.3 is 14.5 Å². The summed E-state index contributed by atoms with van der Waals surface area (Å²) >= 11 is 7.66. The van der Waals surface area contributed by atoms with Crippen LogP contribution in [0.2, 0.25) is 5.02 Å². The van der Waals surface area contributed by atoms with Crippen molar-refractivity contribution >= 4 is 50.1 Å². The van der Waals surface area contributed by atoms with E-state index >= 15 is 0 Å². The van der Waals surface area contributed by atoms with E-state index < -0.39 is 0 Å². The molecule has 9 heteroatoms. The van der Waals surface area contributed by atoms with E-state index in [1.807, 2.05) is 37.3 Å². The minimum Gasteiger partial charge on any atom is -0.494 e. The Balaban J connectivity index is 1.38. The molecule has 0 aliphatic carbocycles.